The monoisotopic (exact) mass is 829 g/mol. The zero-order chi connectivity index (χ0) is 42.0. The van der Waals surface area contributed by atoms with E-state index >= 15 is 0 Å². The highest BCUT2D eigenvalue weighted by Gasteiger charge is 2.48. The van der Waals surface area contributed by atoms with Crippen molar-refractivity contribution in [1.82, 2.24) is 49.8 Å². The number of carbonyl (C=O) groups excluding carboxylic acids is 2. The van der Waals surface area contributed by atoms with Gasteiger partial charge in [0.25, 0.3) is 0 Å². The fraction of sp³-hybridized carbons (Fsp3) is 0.342. The van der Waals surface area contributed by atoms with Crippen molar-refractivity contribution in [2.45, 2.75) is 62.6 Å². The number of halogens is 3. The highest BCUT2D eigenvalue weighted by atomic mass is 19.4. The number of hydroxylamine groups is 2. The smallest absolute Gasteiger partial charge is 0.387 e. The number of aromatic nitrogens is 9. The Labute approximate surface area is 338 Å². The van der Waals surface area contributed by atoms with E-state index in [1.807, 2.05) is 67.6 Å². The number of alkyl halides is 3. The van der Waals surface area contributed by atoms with Crippen molar-refractivity contribution in [1.29, 1.82) is 0 Å². The van der Waals surface area contributed by atoms with Crippen LogP contribution in [0, 0.1) is 0 Å². The maximum atomic E-state index is 13.4. The lowest BCUT2D eigenvalue weighted by Crippen LogP contribution is -2.47. The number of anilines is 3. The number of carbonyl (C=O) groups is 2. The maximum absolute atomic E-state index is 13.4. The Bertz CT molecular complexity index is 2390. The van der Waals surface area contributed by atoms with E-state index in [9.17, 15) is 33.0 Å². The molecule has 0 saturated carbocycles. The number of nitrogens with one attached hydrogen (secondary N) is 2. The van der Waals surface area contributed by atoms with Gasteiger partial charge in [-0.3, -0.25) is 9.55 Å². The molecule has 8 rings (SSSR count). The molecule has 0 bridgehead atoms. The molecule has 5 atom stereocenters. The van der Waals surface area contributed by atoms with E-state index in [0.29, 0.717) is 18.2 Å². The first-order valence-corrected chi connectivity index (χ1v) is 18.9. The second-order valence-electron chi connectivity index (χ2n) is 14.0. The molecule has 6 heterocycles. The number of fused-ring (bicyclic) bond motifs is 1. The summed E-state index contributed by atoms with van der Waals surface area (Å²) in [4.78, 5) is 51.2. The normalized spacial score (nSPS) is 20.4. The molecule has 0 radical (unpaired) electrons. The van der Waals surface area contributed by atoms with Crippen molar-refractivity contribution in [3.63, 3.8) is 0 Å². The lowest BCUT2D eigenvalue weighted by atomic mass is 9.91. The molecule has 2 aromatic carbocycles. The molecule has 22 heteroatoms. The first-order chi connectivity index (χ1) is 29.0. The van der Waals surface area contributed by atoms with E-state index in [1.54, 1.807) is 4.90 Å². The second kappa shape index (κ2) is 16.8. The molecule has 2 saturated heterocycles. The molecule has 0 aliphatic carbocycles. The highest BCUT2D eigenvalue weighted by Crippen LogP contribution is 2.39. The summed E-state index contributed by atoms with van der Waals surface area (Å²) in [6, 6.07) is 20.4. The van der Waals surface area contributed by atoms with Gasteiger partial charge in [-0.05, 0) is 41.8 Å². The van der Waals surface area contributed by atoms with Crippen LogP contribution in [0.5, 0.6) is 0 Å². The van der Waals surface area contributed by atoms with Gasteiger partial charge in [0.1, 0.15) is 12.2 Å². The first kappa shape index (κ1) is 40.0. The number of rotatable bonds is 11. The first-order valence-electron chi connectivity index (χ1n) is 18.9. The van der Waals surface area contributed by atoms with E-state index in [2.05, 4.69) is 40.8 Å². The number of aliphatic hydroxyl groups excluding tert-OH is 2. The number of tetrazole rings is 1. The molecule has 2 aliphatic heterocycles. The van der Waals surface area contributed by atoms with Gasteiger partial charge in [0.15, 0.2) is 29.3 Å². The van der Waals surface area contributed by atoms with E-state index in [-0.39, 0.29) is 59.9 Å². The SMILES string of the molecule is CCn1nnc([C@H]2O[C@@H](n3cnc4c(NCC(c5ccccc5)c5ccccc5)nc(N5CC[C@@H](N(OC(=O)C(F)(F)F)C(=O)Nc6cccnc6)C5)nc43)[C@@H](O)[C@@H]2O)n1. The summed E-state index contributed by atoms with van der Waals surface area (Å²) in [6.07, 6.45) is -6.59. The minimum Gasteiger partial charge on any atom is -0.387 e. The number of urea groups is 1. The molecule has 2 fully saturated rings. The summed E-state index contributed by atoms with van der Waals surface area (Å²) in [5.41, 5.74) is 2.63. The summed E-state index contributed by atoms with van der Waals surface area (Å²) in [5.74, 6) is -2.34. The van der Waals surface area contributed by atoms with Crippen LogP contribution >= 0.6 is 0 Å². The molecule has 0 unspecified atom stereocenters. The zero-order valence-electron chi connectivity index (χ0n) is 31.7. The van der Waals surface area contributed by atoms with Gasteiger partial charge in [0.05, 0.1) is 30.8 Å². The fourth-order valence-corrected chi connectivity index (χ4v) is 7.11. The molecular weight excluding hydrogens is 791 g/mol. The Kier molecular flexibility index (Phi) is 11.2. The molecular formula is C38H38F3N13O6. The third kappa shape index (κ3) is 8.24. The maximum Gasteiger partial charge on any atom is 0.493 e. The standard InChI is InChI=1S/C38H38F3N13O6/c1-2-53-49-32(48-50-53)30-28(55)29(56)34(59-30)52-21-44-27-31(43-19-26(22-10-5-3-6-11-22)23-12-7-4-8-13-23)46-36(47-33(27)52)51-17-15-25(20-51)54(60-35(57)38(39,40)41)37(58)45-24-14-9-16-42-18-24/h3-14,16,18,21,25-26,28-30,34,55-56H,2,15,17,19-20H2,1H3,(H,45,58)(H,43,46,47)/t25-,28+,29+,30+,34-/m1/s1. The van der Waals surface area contributed by atoms with Crippen LogP contribution in [-0.2, 0) is 20.9 Å². The Morgan fingerprint density at radius 1 is 1.02 bits per heavy atom. The number of benzene rings is 2. The van der Waals surface area contributed by atoms with Gasteiger partial charge < -0.3 is 35.3 Å². The summed E-state index contributed by atoms with van der Waals surface area (Å²) >= 11 is 0. The van der Waals surface area contributed by atoms with Gasteiger partial charge in [-0.2, -0.15) is 27.9 Å². The van der Waals surface area contributed by atoms with Gasteiger partial charge in [0.2, 0.25) is 11.8 Å². The lowest BCUT2D eigenvalue weighted by Gasteiger charge is -2.27. The van der Waals surface area contributed by atoms with Crippen LogP contribution in [0.25, 0.3) is 11.2 Å². The predicted molar refractivity (Wildman–Crippen MR) is 205 cm³/mol. The molecule has 2 amide bonds. The Morgan fingerprint density at radius 2 is 1.75 bits per heavy atom. The topological polar surface area (TPSA) is 224 Å². The van der Waals surface area contributed by atoms with E-state index < -0.39 is 48.8 Å². The second-order valence-corrected chi connectivity index (χ2v) is 14.0. The van der Waals surface area contributed by atoms with E-state index in [1.165, 1.54) is 40.2 Å². The van der Waals surface area contributed by atoms with Crippen molar-refractivity contribution in [2.75, 3.05) is 35.2 Å². The molecule has 4 aromatic heterocycles. The quantitative estimate of drug-likeness (QED) is 0.137. The molecule has 60 heavy (non-hydrogen) atoms. The third-order valence-electron chi connectivity index (χ3n) is 10.1. The average molecular weight is 830 g/mol. The highest BCUT2D eigenvalue weighted by molar-refractivity contribution is 5.90. The number of aliphatic hydroxyl groups is 2. The van der Waals surface area contributed by atoms with Crippen molar-refractivity contribution in [2.24, 2.45) is 0 Å². The number of hydrogen-bond acceptors (Lipinski definition) is 15. The van der Waals surface area contributed by atoms with Gasteiger partial charge in [-0.15, -0.1) is 15.3 Å². The van der Waals surface area contributed by atoms with Gasteiger partial charge >= 0.3 is 18.2 Å². The van der Waals surface area contributed by atoms with E-state index in [4.69, 9.17) is 14.7 Å². The van der Waals surface area contributed by atoms with Gasteiger partial charge in [0, 0.05) is 31.7 Å². The van der Waals surface area contributed by atoms with Crippen molar-refractivity contribution in [3.8, 4) is 0 Å². The summed E-state index contributed by atoms with van der Waals surface area (Å²) in [7, 11) is 0. The van der Waals surface area contributed by atoms with Crippen molar-refractivity contribution < 1.29 is 42.5 Å². The predicted octanol–water partition coefficient (Wildman–Crippen LogP) is 3.60. The van der Waals surface area contributed by atoms with Crippen LogP contribution in [-0.4, -0.2) is 116 Å². The van der Waals surface area contributed by atoms with Gasteiger partial charge in [-0.1, -0.05) is 60.7 Å². The Morgan fingerprint density at radius 3 is 2.40 bits per heavy atom. The lowest BCUT2D eigenvalue weighted by molar-refractivity contribution is -0.232. The minimum atomic E-state index is -5.39. The summed E-state index contributed by atoms with van der Waals surface area (Å²) in [5, 5.41) is 40.7. The number of hydrogen-bond donors (Lipinski definition) is 4. The Balaban J connectivity index is 1.14. The molecule has 19 nitrogen and oxygen atoms in total. The van der Waals surface area contributed by atoms with Crippen LogP contribution in [0.3, 0.4) is 0 Å². The van der Waals surface area contributed by atoms with Crippen LogP contribution in [0.1, 0.15) is 48.5 Å². The zero-order valence-corrected chi connectivity index (χ0v) is 31.7. The summed E-state index contributed by atoms with van der Waals surface area (Å²) < 4.78 is 47.9. The van der Waals surface area contributed by atoms with Gasteiger partial charge in [-0.25, -0.2) is 14.6 Å². The average Bonchev–Trinajstić information content (AvgIpc) is 4.08. The van der Waals surface area contributed by atoms with Crippen molar-refractivity contribution in [3.05, 3.63) is 108 Å². The van der Waals surface area contributed by atoms with Crippen LogP contribution < -0.4 is 15.5 Å². The number of imidazole rings is 1. The number of amides is 2. The molecule has 6 aromatic rings. The Hall–Kier alpha value is -6.78. The minimum absolute atomic E-state index is 0.0445. The number of nitrogens with zero attached hydrogens (tertiary/aromatic N) is 11. The van der Waals surface area contributed by atoms with Crippen LogP contribution in [0.2, 0.25) is 0 Å². The van der Waals surface area contributed by atoms with Crippen molar-refractivity contribution >= 4 is 40.6 Å². The molecule has 4 N–H and O–H groups in total. The molecule has 2 aliphatic rings. The summed E-state index contributed by atoms with van der Waals surface area (Å²) in [6.45, 7) is 2.50. The largest absolute Gasteiger partial charge is 0.493 e. The number of ether oxygens (including phenoxy) is 1. The van der Waals surface area contributed by atoms with Crippen LogP contribution in [0.15, 0.2) is 91.5 Å². The number of pyridine rings is 1. The fourth-order valence-electron chi connectivity index (χ4n) is 7.11. The number of aryl methyl sites for hydroxylation is 1. The molecule has 0 spiro atoms. The van der Waals surface area contributed by atoms with E-state index in [0.717, 1.165) is 11.1 Å². The molecule has 312 valence electrons. The third-order valence-corrected chi connectivity index (χ3v) is 10.1. The van der Waals surface area contributed by atoms with Crippen LogP contribution in [0.4, 0.5) is 35.4 Å².